The number of hydrogen-bond donors (Lipinski definition) is 2. The highest BCUT2D eigenvalue weighted by molar-refractivity contribution is 5.88. The Labute approximate surface area is 150 Å². The lowest BCUT2D eigenvalue weighted by atomic mass is 9.98. The van der Waals surface area contributed by atoms with Crippen LogP contribution in [0.2, 0.25) is 0 Å². The molecule has 1 aliphatic heterocycles. The molecule has 142 valence electrons. The largest absolute Gasteiger partial charge is 0.478 e. The number of nitrogens with zero attached hydrogens (tertiary/aromatic N) is 2. The summed E-state index contributed by atoms with van der Waals surface area (Å²) in [5, 5.41) is 11.6. The minimum Gasteiger partial charge on any atom is -0.478 e. The number of likely N-dealkylation sites (N-methyl/N-ethyl adjacent to an activating group) is 1. The quantitative estimate of drug-likeness (QED) is 0.641. The van der Waals surface area contributed by atoms with Crippen LogP contribution in [0.3, 0.4) is 0 Å². The number of hydrogen-bond acceptors (Lipinski definition) is 4. The number of carboxylic acids is 1. The van der Waals surface area contributed by atoms with Gasteiger partial charge in [0.05, 0.1) is 12.6 Å². The van der Waals surface area contributed by atoms with Crippen LogP contribution in [0.1, 0.15) is 46.5 Å². The van der Waals surface area contributed by atoms with Crippen molar-refractivity contribution in [3.8, 4) is 0 Å². The third kappa shape index (κ3) is 6.49. The van der Waals surface area contributed by atoms with E-state index in [1.165, 1.54) is 17.9 Å². The summed E-state index contributed by atoms with van der Waals surface area (Å²) in [6, 6.07) is 0.175. The van der Waals surface area contributed by atoms with E-state index in [0.717, 1.165) is 32.2 Å². The van der Waals surface area contributed by atoms with Crippen LogP contribution < -0.4 is 5.32 Å². The number of carboxylic acid groups (broad SMARTS) is 1. The predicted molar refractivity (Wildman–Crippen MR) is 96.1 cm³/mol. The Morgan fingerprint density at radius 2 is 2.04 bits per heavy atom. The lowest BCUT2D eigenvalue weighted by molar-refractivity contribution is -0.134. The van der Waals surface area contributed by atoms with Crippen LogP contribution in [0, 0.1) is 0 Å². The Morgan fingerprint density at radius 1 is 1.36 bits per heavy atom. The van der Waals surface area contributed by atoms with Gasteiger partial charge in [-0.3, -0.25) is 14.5 Å². The van der Waals surface area contributed by atoms with Crippen molar-refractivity contribution in [2.75, 3.05) is 26.7 Å². The fraction of sp³-hybridized carbons (Fsp3) is 0.722. The Bertz CT molecular complexity index is 518. The fourth-order valence-corrected chi connectivity index (χ4v) is 2.88. The number of carbonyl (C=O) groups excluding carboxylic acids is 2. The molecule has 1 heterocycles. The van der Waals surface area contributed by atoms with Crippen LogP contribution >= 0.6 is 0 Å². The molecule has 1 rings (SSSR count). The van der Waals surface area contributed by atoms with Gasteiger partial charge >= 0.3 is 5.97 Å². The van der Waals surface area contributed by atoms with Crippen molar-refractivity contribution in [2.45, 2.75) is 58.5 Å². The van der Waals surface area contributed by atoms with Gasteiger partial charge in [0.15, 0.2) is 0 Å². The highest BCUT2D eigenvalue weighted by Crippen LogP contribution is 2.21. The van der Waals surface area contributed by atoms with Crippen LogP contribution in [0.25, 0.3) is 0 Å². The molecule has 1 aliphatic rings. The van der Waals surface area contributed by atoms with E-state index in [2.05, 4.69) is 24.1 Å². The molecule has 0 saturated carbocycles. The first-order valence-electron chi connectivity index (χ1n) is 8.95. The second kappa shape index (κ2) is 10.2. The lowest BCUT2D eigenvalue weighted by Gasteiger charge is -2.38. The maximum atomic E-state index is 12.5. The zero-order chi connectivity index (χ0) is 19.0. The van der Waals surface area contributed by atoms with Crippen molar-refractivity contribution in [1.29, 1.82) is 0 Å². The summed E-state index contributed by atoms with van der Waals surface area (Å²) >= 11 is 0. The van der Waals surface area contributed by atoms with Crippen molar-refractivity contribution < 1.29 is 19.5 Å². The summed E-state index contributed by atoms with van der Waals surface area (Å²) in [7, 11) is 1.59. The molecule has 2 atom stereocenters. The molecule has 2 unspecified atom stereocenters. The Kier molecular flexibility index (Phi) is 8.61. The van der Waals surface area contributed by atoms with Crippen LogP contribution in [-0.2, 0) is 14.4 Å². The average molecular weight is 353 g/mol. The number of carbonyl (C=O) groups is 3. The topological polar surface area (TPSA) is 90.0 Å². The molecule has 2 N–H and O–H groups in total. The van der Waals surface area contributed by atoms with E-state index in [4.69, 9.17) is 5.11 Å². The lowest BCUT2D eigenvalue weighted by Crippen LogP contribution is -2.53. The molecule has 1 saturated heterocycles. The van der Waals surface area contributed by atoms with E-state index in [1.807, 2.05) is 0 Å². The Balaban J connectivity index is 2.52. The summed E-state index contributed by atoms with van der Waals surface area (Å²) in [5.74, 6) is -1.34. The van der Waals surface area contributed by atoms with E-state index in [-0.39, 0.29) is 36.5 Å². The van der Waals surface area contributed by atoms with E-state index in [0.29, 0.717) is 6.04 Å². The molecule has 0 spiro atoms. The predicted octanol–water partition coefficient (Wildman–Crippen LogP) is 1.24. The zero-order valence-corrected chi connectivity index (χ0v) is 15.7. The molecule has 0 aromatic heterocycles. The number of nitrogens with one attached hydrogen (secondary N) is 1. The van der Waals surface area contributed by atoms with Crippen molar-refractivity contribution >= 4 is 17.8 Å². The van der Waals surface area contributed by atoms with Gasteiger partial charge in [0, 0.05) is 25.2 Å². The summed E-state index contributed by atoms with van der Waals surface area (Å²) < 4.78 is 0. The zero-order valence-electron chi connectivity index (χ0n) is 15.7. The Morgan fingerprint density at radius 3 is 2.64 bits per heavy atom. The van der Waals surface area contributed by atoms with Crippen molar-refractivity contribution in [3.05, 3.63) is 11.6 Å². The SMILES string of the molecule is CCC(C)N1CCCCC1C(=O)NCC(=O)N(C)C/C=C(\C)C(=O)O. The smallest absolute Gasteiger partial charge is 0.331 e. The number of aliphatic carboxylic acids is 1. The van der Waals surface area contributed by atoms with Crippen LogP contribution in [0.4, 0.5) is 0 Å². The molecule has 0 bridgehead atoms. The van der Waals surface area contributed by atoms with Gasteiger partial charge in [0.2, 0.25) is 11.8 Å². The van der Waals surface area contributed by atoms with Crippen molar-refractivity contribution in [3.63, 3.8) is 0 Å². The molecule has 25 heavy (non-hydrogen) atoms. The molecule has 1 fully saturated rings. The number of likely N-dealkylation sites (tertiary alicyclic amines) is 1. The standard InChI is InChI=1S/C18H31N3O4/c1-5-14(3)21-10-7-6-8-15(21)17(23)19-12-16(22)20(4)11-9-13(2)18(24)25/h9,14-15H,5-8,10-12H2,1-4H3,(H,19,23)(H,24,25)/b13-9+. The third-order valence-corrected chi connectivity index (χ3v) is 4.85. The molecular weight excluding hydrogens is 322 g/mol. The molecule has 0 aliphatic carbocycles. The van der Waals surface area contributed by atoms with E-state index in [1.54, 1.807) is 7.05 Å². The first kappa shape index (κ1) is 21.2. The Hall–Kier alpha value is -1.89. The monoisotopic (exact) mass is 353 g/mol. The minimum atomic E-state index is -1.00. The average Bonchev–Trinajstić information content (AvgIpc) is 2.62. The first-order valence-corrected chi connectivity index (χ1v) is 8.95. The van der Waals surface area contributed by atoms with Crippen LogP contribution in [0.5, 0.6) is 0 Å². The van der Waals surface area contributed by atoms with Crippen LogP contribution in [-0.4, -0.2) is 71.5 Å². The van der Waals surface area contributed by atoms with Gasteiger partial charge in [-0.25, -0.2) is 4.79 Å². The highest BCUT2D eigenvalue weighted by atomic mass is 16.4. The van der Waals surface area contributed by atoms with Crippen molar-refractivity contribution in [1.82, 2.24) is 15.1 Å². The third-order valence-electron chi connectivity index (χ3n) is 4.85. The van der Waals surface area contributed by atoms with Crippen molar-refractivity contribution in [2.24, 2.45) is 0 Å². The van der Waals surface area contributed by atoms with Gasteiger partial charge in [-0.15, -0.1) is 0 Å². The van der Waals surface area contributed by atoms with Gasteiger partial charge in [-0.1, -0.05) is 19.4 Å². The van der Waals surface area contributed by atoms with Gasteiger partial charge in [-0.2, -0.15) is 0 Å². The number of rotatable bonds is 8. The van der Waals surface area contributed by atoms with Gasteiger partial charge in [-0.05, 0) is 39.7 Å². The second-order valence-electron chi connectivity index (χ2n) is 6.69. The molecule has 7 heteroatoms. The molecule has 7 nitrogen and oxygen atoms in total. The van der Waals surface area contributed by atoms with Crippen LogP contribution in [0.15, 0.2) is 11.6 Å². The number of amides is 2. The van der Waals surface area contributed by atoms with Gasteiger partial charge in [0.1, 0.15) is 0 Å². The first-order chi connectivity index (χ1) is 11.8. The van der Waals surface area contributed by atoms with E-state index >= 15 is 0 Å². The second-order valence-corrected chi connectivity index (χ2v) is 6.69. The van der Waals surface area contributed by atoms with Gasteiger partial charge < -0.3 is 15.3 Å². The summed E-state index contributed by atoms with van der Waals surface area (Å²) in [6.07, 6.45) is 5.42. The highest BCUT2D eigenvalue weighted by Gasteiger charge is 2.31. The summed E-state index contributed by atoms with van der Waals surface area (Å²) in [4.78, 5) is 39.0. The fourth-order valence-electron chi connectivity index (χ4n) is 2.88. The summed E-state index contributed by atoms with van der Waals surface area (Å²) in [5.41, 5.74) is 0.190. The van der Waals surface area contributed by atoms with E-state index < -0.39 is 5.97 Å². The summed E-state index contributed by atoms with van der Waals surface area (Å²) in [6.45, 7) is 6.77. The maximum Gasteiger partial charge on any atom is 0.331 e. The molecule has 2 amide bonds. The van der Waals surface area contributed by atoms with Gasteiger partial charge in [0.25, 0.3) is 0 Å². The molecule has 0 radical (unpaired) electrons. The molecular formula is C18H31N3O4. The molecule has 0 aromatic rings. The maximum absolute atomic E-state index is 12.5. The van der Waals surface area contributed by atoms with E-state index in [9.17, 15) is 14.4 Å². The molecule has 0 aromatic carbocycles. The minimum absolute atomic E-state index is 0.0693. The number of piperidine rings is 1. The normalized spacial score (nSPS) is 20.0.